The molecule has 0 saturated heterocycles. The monoisotopic (exact) mass is 259 g/mol. The smallest absolute Gasteiger partial charge is 0.358 e. The van der Waals surface area contributed by atoms with Crippen molar-refractivity contribution in [3.05, 3.63) is 46.3 Å². The maximum atomic E-state index is 11.0. The fraction of sp³-hybridized carbons (Fsp3) is 0.357. The molecule has 0 unspecified atom stereocenters. The van der Waals surface area contributed by atoms with E-state index >= 15 is 0 Å². The van der Waals surface area contributed by atoms with Crippen molar-refractivity contribution in [3.63, 3.8) is 0 Å². The van der Waals surface area contributed by atoms with Gasteiger partial charge in [0, 0.05) is 0 Å². The van der Waals surface area contributed by atoms with E-state index in [4.69, 9.17) is 5.11 Å². The van der Waals surface area contributed by atoms with Crippen molar-refractivity contribution in [3.8, 4) is 0 Å². The highest BCUT2D eigenvalue weighted by atomic mass is 16.4. The van der Waals surface area contributed by atoms with Gasteiger partial charge in [-0.05, 0) is 25.8 Å². The highest BCUT2D eigenvalue weighted by Gasteiger charge is 2.17. The Labute approximate surface area is 111 Å². The molecule has 0 bridgehead atoms. The molecule has 19 heavy (non-hydrogen) atoms. The zero-order valence-electron chi connectivity index (χ0n) is 11.3. The summed E-state index contributed by atoms with van der Waals surface area (Å²) in [5, 5.41) is 16.7. The molecule has 0 saturated carbocycles. The van der Waals surface area contributed by atoms with Gasteiger partial charge >= 0.3 is 5.97 Å². The lowest BCUT2D eigenvalue weighted by Crippen LogP contribution is -2.08. The van der Waals surface area contributed by atoms with Gasteiger partial charge in [0.05, 0.1) is 12.2 Å². The molecule has 0 aliphatic heterocycles. The summed E-state index contributed by atoms with van der Waals surface area (Å²) in [4.78, 5) is 11.0. The van der Waals surface area contributed by atoms with Crippen LogP contribution >= 0.6 is 0 Å². The second-order valence-corrected chi connectivity index (χ2v) is 4.70. The van der Waals surface area contributed by atoms with Crippen LogP contribution in [0.5, 0.6) is 0 Å². The quantitative estimate of drug-likeness (QED) is 0.914. The van der Waals surface area contributed by atoms with Crippen LogP contribution in [-0.2, 0) is 13.0 Å². The minimum atomic E-state index is -1.02. The maximum absolute atomic E-state index is 11.0. The normalized spacial score (nSPS) is 10.7. The molecule has 0 radical (unpaired) electrons. The molecule has 1 aromatic heterocycles. The van der Waals surface area contributed by atoms with Crippen molar-refractivity contribution < 1.29 is 9.90 Å². The van der Waals surface area contributed by atoms with Crippen LogP contribution in [0.25, 0.3) is 0 Å². The third-order valence-electron chi connectivity index (χ3n) is 2.99. The molecule has 1 heterocycles. The second-order valence-electron chi connectivity index (χ2n) is 4.70. The number of rotatable bonds is 4. The van der Waals surface area contributed by atoms with Crippen molar-refractivity contribution >= 4 is 5.97 Å². The first kappa shape index (κ1) is 13.3. The van der Waals surface area contributed by atoms with Gasteiger partial charge in [-0.3, -0.25) is 0 Å². The number of carboxylic acid groups (broad SMARTS) is 1. The van der Waals surface area contributed by atoms with E-state index in [0.29, 0.717) is 18.7 Å². The lowest BCUT2D eigenvalue weighted by molar-refractivity contribution is 0.0689. The highest BCUT2D eigenvalue weighted by Crippen LogP contribution is 2.13. The number of nitrogens with zero attached hydrogens (tertiary/aromatic N) is 3. The van der Waals surface area contributed by atoms with Gasteiger partial charge in [-0.25, -0.2) is 9.48 Å². The van der Waals surface area contributed by atoms with Gasteiger partial charge < -0.3 is 5.11 Å². The lowest BCUT2D eigenvalue weighted by Gasteiger charge is -2.07. The number of hydrogen-bond acceptors (Lipinski definition) is 3. The number of aryl methyl sites for hydroxylation is 2. The summed E-state index contributed by atoms with van der Waals surface area (Å²) in [6, 6.07) is 6.26. The molecule has 5 heteroatoms. The Balaban J connectivity index is 2.35. The number of carbonyl (C=O) groups is 1. The van der Waals surface area contributed by atoms with Gasteiger partial charge in [0.25, 0.3) is 0 Å². The van der Waals surface area contributed by atoms with Crippen LogP contribution < -0.4 is 0 Å². The average molecular weight is 259 g/mol. The molecule has 0 spiro atoms. The predicted octanol–water partition coefficient (Wildman–Crippen LogP) is 2.20. The lowest BCUT2D eigenvalue weighted by atomic mass is 10.1. The number of aromatic nitrogens is 3. The standard InChI is InChI=1S/C14H17N3O2/c1-4-12-13(14(18)19)15-16-17(12)8-11-6-9(2)5-10(3)7-11/h5-7H,4,8H2,1-3H3,(H,18,19). The number of hydrogen-bond donors (Lipinski definition) is 1. The Hall–Kier alpha value is -2.17. The summed E-state index contributed by atoms with van der Waals surface area (Å²) in [7, 11) is 0. The molecule has 0 atom stereocenters. The molecule has 0 fully saturated rings. The van der Waals surface area contributed by atoms with Crippen LogP contribution in [0.4, 0.5) is 0 Å². The number of benzene rings is 1. The SMILES string of the molecule is CCc1c(C(=O)O)nnn1Cc1cc(C)cc(C)c1. The van der Waals surface area contributed by atoms with Crippen LogP contribution in [0.2, 0.25) is 0 Å². The van der Waals surface area contributed by atoms with Gasteiger partial charge in [-0.2, -0.15) is 0 Å². The van der Waals surface area contributed by atoms with Crippen molar-refractivity contribution in [2.24, 2.45) is 0 Å². The van der Waals surface area contributed by atoms with Gasteiger partial charge in [0.1, 0.15) is 0 Å². The van der Waals surface area contributed by atoms with E-state index in [1.807, 2.05) is 20.8 Å². The largest absolute Gasteiger partial charge is 0.476 e. The van der Waals surface area contributed by atoms with Crippen molar-refractivity contribution in [1.29, 1.82) is 0 Å². The predicted molar refractivity (Wildman–Crippen MR) is 71.4 cm³/mol. The zero-order chi connectivity index (χ0) is 14.0. The van der Waals surface area contributed by atoms with E-state index in [1.54, 1.807) is 4.68 Å². The summed E-state index contributed by atoms with van der Waals surface area (Å²) < 4.78 is 1.66. The number of aromatic carboxylic acids is 1. The molecule has 0 amide bonds. The van der Waals surface area contributed by atoms with Gasteiger partial charge in [0.15, 0.2) is 5.69 Å². The van der Waals surface area contributed by atoms with Crippen LogP contribution in [-0.4, -0.2) is 26.1 Å². The molecule has 1 N–H and O–H groups in total. The van der Waals surface area contributed by atoms with Crippen LogP contribution in [0.3, 0.4) is 0 Å². The van der Waals surface area contributed by atoms with E-state index in [2.05, 4.69) is 28.5 Å². The van der Waals surface area contributed by atoms with Gasteiger partial charge in [-0.1, -0.05) is 41.5 Å². The summed E-state index contributed by atoms with van der Waals surface area (Å²) in [5.41, 5.74) is 4.19. The first-order chi connectivity index (χ1) is 9.01. The Bertz CT molecular complexity index is 597. The average Bonchev–Trinajstić information content (AvgIpc) is 2.70. The van der Waals surface area contributed by atoms with Gasteiger partial charge in [0.2, 0.25) is 0 Å². The molecule has 0 aliphatic rings. The first-order valence-corrected chi connectivity index (χ1v) is 6.24. The fourth-order valence-electron chi connectivity index (χ4n) is 2.31. The molecule has 2 aromatic rings. The summed E-state index contributed by atoms with van der Waals surface area (Å²) in [6.45, 7) is 6.54. The van der Waals surface area contributed by atoms with Crippen molar-refractivity contribution in [2.45, 2.75) is 33.7 Å². The second kappa shape index (κ2) is 5.22. The molecular weight excluding hydrogens is 242 g/mol. The molecule has 0 aliphatic carbocycles. The summed E-state index contributed by atoms with van der Waals surface area (Å²) >= 11 is 0. The molecule has 100 valence electrons. The summed E-state index contributed by atoms with van der Waals surface area (Å²) in [6.07, 6.45) is 0.597. The van der Waals surface area contributed by atoms with Gasteiger partial charge in [-0.15, -0.1) is 5.10 Å². The minimum Gasteiger partial charge on any atom is -0.476 e. The van der Waals surface area contributed by atoms with Crippen molar-refractivity contribution in [1.82, 2.24) is 15.0 Å². The van der Waals surface area contributed by atoms with E-state index in [1.165, 1.54) is 11.1 Å². The Kier molecular flexibility index (Phi) is 3.64. The highest BCUT2D eigenvalue weighted by molar-refractivity contribution is 5.86. The van der Waals surface area contributed by atoms with Crippen molar-refractivity contribution in [2.75, 3.05) is 0 Å². The first-order valence-electron chi connectivity index (χ1n) is 6.24. The Morgan fingerprint density at radius 1 is 1.26 bits per heavy atom. The molecule has 2 rings (SSSR count). The molecule has 1 aromatic carbocycles. The number of carboxylic acids is 1. The van der Waals surface area contributed by atoms with E-state index in [9.17, 15) is 4.79 Å². The topological polar surface area (TPSA) is 68.0 Å². The van der Waals surface area contributed by atoms with Crippen LogP contribution in [0.1, 0.15) is 39.8 Å². The van der Waals surface area contributed by atoms with Crippen LogP contribution in [0, 0.1) is 13.8 Å². The molecule has 5 nitrogen and oxygen atoms in total. The summed E-state index contributed by atoms with van der Waals surface area (Å²) in [5.74, 6) is -1.02. The zero-order valence-corrected chi connectivity index (χ0v) is 11.3. The Morgan fingerprint density at radius 2 is 1.89 bits per heavy atom. The third kappa shape index (κ3) is 2.81. The maximum Gasteiger partial charge on any atom is 0.358 e. The van der Waals surface area contributed by atoms with Crippen LogP contribution in [0.15, 0.2) is 18.2 Å². The van der Waals surface area contributed by atoms with E-state index in [0.717, 1.165) is 5.56 Å². The molecular formula is C14H17N3O2. The van der Waals surface area contributed by atoms with E-state index < -0.39 is 5.97 Å². The van der Waals surface area contributed by atoms with E-state index in [-0.39, 0.29) is 5.69 Å². The minimum absolute atomic E-state index is 0.0480. The Morgan fingerprint density at radius 3 is 2.42 bits per heavy atom. The third-order valence-corrected chi connectivity index (χ3v) is 2.99. The fourth-order valence-corrected chi connectivity index (χ4v) is 2.31.